The van der Waals surface area contributed by atoms with Crippen LogP contribution in [0.4, 0.5) is 0 Å². The molecule has 1 atom stereocenters. The van der Waals surface area contributed by atoms with Crippen molar-refractivity contribution < 1.29 is 14.3 Å². The molecule has 0 unspecified atom stereocenters. The summed E-state index contributed by atoms with van der Waals surface area (Å²) in [5.41, 5.74) is 0. The van der Waals surface area contributed by atoms with Crippen LogP contribution in [0.3, 0.4) is 0 Å². The topological polar surface area (TPSA) is 58.6 Å². The second-order valence-corrected chi connectivity index (χ2v) is 3.59. The Morgan fingerprint density at radius 1 is 1.43 bits per heavy atom. The monoisotopic (exact) mass is 198 g/mol. The van der Waals surface area contributed by atoms with Crippen molar-refractivity contribution in [3.8, 4) is 0 Å². The number of amides is 1. The van der Waals surface area contributed by atoms with E-state index in [1.807, 2.05) is 0 Å². The van der Waals surface area contributed by atoms with Gasteiger partial charge in [0.15, 0.2) is 6.10 Å². The van der Waals surface area contributed by atoms with Crippen LogP contribution in [0.1, 0.15) is 12.8 Å². The normalized spacial score (nSPS) is 27.6. The minimum absolute atomic E-state index is 0.0302. The Labute approximate surface area is 82.4 Å². The summed E-state index contributed by atoms with van der Waals surface area (Å²) in [5, 5.41) is 3.17. The van der Waals surface area contributed by atoms with Gasteiger partial charge in [-0.1, -0.05) is 0 Å². The van der Waals surface area contributed by atoms with Crippen molar-refractivity contribution in [2.45, 2.75) is 18.9 Å². The minimum Gasteiger partial charge on any atom is -0.452 e. The third-order valence-electron chi connectivity index (χ3n) is 2.59. The van der Waals surface area contributed by atoms with Crippen LogP contribution < -0.4 is 5.32 Å². The van der Waals surface area contributed by atoms with E-state index in [-0.39, 0.29) is 11.9 Å². The molecule has 0 aromatic rings. The van der Waals surface area contributed by atoms with Gasteiger partial charge in [-0.3, -0.25) is 9.59 Å². The van der Waals surface area contributed by atoms with Crippen molar-refractivity contribution in [1.29, 1.82) is 0 Å². The van der Waals surface area contributed by atoms with Crippen molar-refractivity contribution in [3.05, 3.63) is 0 Å². The molecule has 14 heavy (non-hydrogen) atoms. The smallest absolute Gasteiger partial charge is 0.306 e. The lowest BCUT2D eigenvalue weighted by Crippen LogP contribution is -2.49. The molecule has 2 aliphatic rings. The summed E-state index contributed by atoms with van der Waals surface area (Å²) in [5.74, 6) is -0.282. The first-order chi connectivity index (χ1) is 6.77. The minimum atomic E-state index is -0.513. The maximum atomic E-state index is 11.8. The number of nitrogens with one attached hydrogen (secondary N) is 1. The summed E-state index contributed by atoms with van der Waals surface area (Å²) in [6.45, 7) is 3.08. The molecule has 1 N–H and O–H groups in total. The SMILES string of the molecule is O=C1CC[C@@H](C(=O)N2CCNCC2)O1. The van der Waals surface area contributed by atoms with Crippen LogP contribution in [0.25, 0.3) is 0 Å². The van der Waals surface area contributed by atoms with Gasteiger partial charge in [-0.25, -0.2) is 0 Å². The number of hydrogen-bond donors (Lipinski definition) is 1. The van der Waals surface area contributed by atoms with Crippen molar-refractivity contribution in [2.24, 2.45) is 0 Å². The lowest BCUT2D eigenvalue weighted by molar-refractivity contribution is -0.153. The molecule has 2 heterocycles. The van der Waals surface area contributed by atoms with Gasteiger partial charge in [-0.2, -0.15) is 0 Å². The van der Waals surface area contributed by atoms with Gasteiger partial charge < -0.3 is 15.0 Å². The van der Waals surface area contributed by atoms with Gasteiger partial charge in [0, 0.05) is 39.0 Å². The van der Waals surface area contributed by atoms with Gasteiger partial charge in [-0.15, -0.1) is 0 Å². The number of piperazine rings is 1. The molecule has 0 spiro atoms. The van der Waals surface area contributed by atoms with Gasteiger partial charge in [0.2, 0.25) is 0 Å². The van der Waals surface area contributed by atoms with Crippen molar-refractivity contribution >= 4 is 11.9 Å². The molecule has 0 radical (unpaired) electrons. The van der Waals surface area contributed by atoms with Gasteiger partial charge in [0.05, 0.1) is 0 Å². The lowest BCUT2D eigenvalue weighted by Gasteiger charge is -2.28. The summed E-state index contributed by atoms with van der Waals surface area (Å²) in [4.78, 5) is 24.4. The summed E-state index contributed by atoms with van der Waals surface area (Å²) in [7, 11) is 0. The largest absolute Gasteiger partial charge is 0.452 e. The predicted octanol–water partition coefficient (Wildman–Crippen LogP) is -0.876. The van der Waals surface area contributed by atoms with Crippen LogP contribution in [-0.2, 0) is 14.3 Å². The lowest BCUT2D eigenvalue weighted by atomic mass is 10.2. The van der Waals surface area contributed by atoms with E-state index in [0.29, 0.717) is 25.9 Å². The summed E-state index contributed by atoms with van der Waals surface area (Å²) in [6, 6.07) is 0. The van der Waals surface area contributed by atoms with Crippen molar-refractivity contribution in [1.82, 2.24) is 10.2 Å². The fourth-order valence-corrected chi connectivity index (χ4v) is 1.79. The molecule has 2 saturated heterocycles. The fraction of sp³-hybridized carbons (Fsp3) is 0.778. The molecule has 2 fully saturated rings. The van der Waals surface area contributed by atoms with Crippen LogP contribution in [-0.4, -0.2) is 49.1 Å². The average molecular weight is 198 g/mol. The Balaban J connectivity index is 1.90. The number of carbonyl (C=O) groups excluding carboxylic acids is 2. The highest BCUT2D eigenvalue weighted by atomic mass is 16.6. The molecular formula is C9H14N2O3. The number of esters is 1. The molecule has 0 aromatic heterocycles. The van der Waals surface area contributed by atoms with E-state index >= 15 is 0 Å². The van der Waals surface area contributed by atoms with E-state index in [1.165, 1.54) is 0 Å². The molecule has 0 aliphatic carbocycles. The predicted molar refractivity (Wildman–Crippen MR) is 48.6 cm³/mol. The molecular weight excluding hydrogens is 184 g/mol. The zero-order chi connectivity index (χ0) is 9.97. The first-order valence-corrected chi connectivity index (χ1v) is 4.96. The Hall–Kier alpha value is -1.10. The summed E-state index contributed by atoms with van der Waals surface area (Å²) in [6.07, 6.45) is 0.407. The first-order valence-electron chi connectivity index (χ1n) is 4.96. The molecule has 0 bridgehead atoms. The Morgan fingerprint density at radius 2 is 2.14 bits per heavy atom. The number of nitrogens with zero attached hydrogens (tertiary/aromatic N) is 1. The highest BCUT2D eigenvalue weighted by Gasteiger charge is 2.33. The molecule has 0 saturated carbocycles. The van der Waals surface area contributed by atoms with Crippen molar-refractivity contribution in [2.75, 3.05) is 26.2 Å². The maximum absolute atomic E-state index is 11.8. The third kappa shape index (κ3) is 1.87. The molecule has 0 aromatic carbocycles. The summed E-state index contributed by atoms with van der Waals surface area (Å²) < 4.78 is 4.93. The number of ether oxygens (including phenoxy) is 1. The second kappa shape index (κ2) is 3.96. The van der Waals surface area contributed by atoms with E-state index in [2.05, 4.69) is 5.32 Å². The zero-order valence-electron chi connectivity index (χ0n) is 7.99. The van der Waals surface area contributed by atoms with Crippen molar-refractivity contribution in [3.63, 3.8) is 0 Å². The molecule has 2 rings (SSSR count). The second-order valence-electron chi connectivity index (χ2n) is 3.59. The standard InChI is InChI=1S/C9H14N2O3/c12-8-2-1-7(14-8)9(13)11-5-3-10-4-6-11/h7,10H,1-6H2/t7-/m0/s1. The Kier molecular flexibility index (Phi) is 2.67. The van der Waals surface area contributed by atoms with Crippen LogP contribution in [0.15, 0.2) is 0 Å². The maximum Gasteiger partial charge on any atom is 0.306 e. The highest BCUT2D eigenvalue weighted by Crippen LogP contribution is 2.16. The Bertz CT molecular complexity index is 248. The van der Waals surface area contributed by atoms with Gasteiger partial charge in [0.1, 0.15) is 0 Å². The quantitative estimate of drug-likeness (QED) is 0.556. The van der Waals surface area contributed by atoms with Crippen LogP contribution in [0.2, 0.25) is 0 Å². The van der Waals surface area contributed by atoms with Gasteiger partial charge in [0.25, 0.3) is 5.91 Å². The Morgan fingerprint density at radius 3 is 2.71 bits per heavy atom. The average Bonchev–Trinajstić information content (AvgIpc) is 2.65. The number of hydrogen-bond acceptors (Lipinski definition) is 4. The van der Waals surface area contributed by atoms with E-state index in [0.717, 1.165) is 13.1 Å². The molecule has 5 heteroatoms. The summed E-state index contributed by atoms with van der Waals surface area (Å²) >= 11 is 0. The number of rotatable bonds is 1. The van der Waals surface area contributed by atoms with E-state index in [4.69, 9.17) is 4.74 Å². The molecule has 78 valence electrons. The number of cyclic esters (lactones) is 1. The van der Waals surface area contributed by atoms with E-state index in [9.17, 15) is 9.59 Å². The van der Waals surface area contributed by atoms with E-state index < -0.39 is 6.10 Å². The van der Waals surface area contributed by atoms with Gasteiger partial charge in [-0.05, 0) is 0 Å². The van der Waals surface area contributed by atoms with Crippen LogP contribution >= 0.6 is 0 Å². The van der Waals surface area contributed by atoms with Crippen LogP contribution in [0, 0.1) is 0 Å². The number of carbonyl (C=O) groups is 2. The van der Waals surface area contributed by atoms with Crippen LogP contribution in [0.5, 0.6) is 0 Å². The fourth-order valence-electron chi connectivity index (χ4n) is 1.79. The van der Waals surface area contributed by atoms with Gasteiger partial charge >= 0.3 is 5.97 Å². The third-order valence-corrected chi connectivity index (χ3v) is 2.59. The van der Waals surface area contributed by atoms with E-state index in [1.54, 1.807) is 4.90 Å². The first kappa shape index (κ1) is 9.45. The molecule has 1 amide bonds. The zero-order valence-corrected chi connectivity index (χ0v) is 7.99. The molecule has 5 nitrogen and oxygen atoms in total. The molecule has 2 aliphatic heterocycles. The highest BCUT2D eigenvalue weighted by molar-refractivity contribution is 5.86.